The maximum atomic E-state index is 12.2. The summed E-state index contributed by atoms with van der Waals surface area (Å²) in [4.78, 5) is 19.2. The number of methoxy groups -OCH3 is 1. The predicted molar refractivity (Wildman–Crippen MR) is 95.6 cm³/mol. The second-order valence-electron chi connectivity index (χ2n) is 6.25. The van der Waals surface area contributed by atoms with Crippen molar-refractivity contribution in [2.75, 3.05) is 44.7 Å². The molecule has 3 rings (SSSR count). The molecule has 2 heterocycles. The molecule has 1 fully saturated rings. The van der Waals surface area contributed by atoms with Crippen LogP contribution in [0.2, 0.25) is 0 Å². The highest BCUT2D eigenvalue weighted by Crippen LogP contribution is 2.16. The van der Waals surface area contributed by atoms with Crippen LogP contribution in [0.25, 0.3) is 0 Å². The number of aromatic nitrogens is 1. The van der Waals surface area contributed by atoms with E-state index in [9.17, 15) is 4.79 Å². The first-order chi connectivity index (χ1) is 12.3. The Labute approximate surface area is 148 Å². The highest BCUT2D eigenvalue weighted by molar-refractivity contribution is 5.76. The highest BCUT2D eigenvalue weighted by Gasteiger charge is 2.27. The maximum absolute atomic E-state index is 12.2. The monoisotopic (exact) mass is 342 g/mol. The van der Waals surface area contributed by atoms with Gasteiger partial charge in [0.2, 0.25) is 0 Å². The van der Waals surface area contributed by atoms with Gasteiger partial charge in [0.25, 0.3) is 11.7 Å². The fourth-order valence-electron chi connectivity index (χ4n) is 3.15. The Balaban J connectivity index is 1.43. The van der Waals surface area contributed by atoms with Crippen LogP contribution in [-0.2, 0) is 11.3 Å². The van der Waals surface area contributed by atoms with Gasteiger partial charge in [0.15, 0.2) is 6.54 Å². The molecule has 25 heavy (non-hydrogen) atoms. The van der Waals surface area contributed by atoms with Gasteiger partial charge in [-0.3, -0.25) is 9.69 Å². The number of para-hydroxylation sites is 1. The Bertz CT molecular complexity index is 685. The number of benzene rings is 1. The smallest absolute Gasteiger partial charge is 0.275 e. The summed E-state index contributed by atoms with van der Waals surface area (Å²) >= 11 is 0. The number of quaternary nitrogens is 1. The molecule has 0 spiro atoms. The lowest BCUT2D eigenvalue weighted by Crippen LogP contribution is -3.16. The fourth-order valence-corrected chi connectivity index (χ4v) is 3.15. The van der Waals surface area contributed by atoms with E-state index >= 15 is 0 Å². The Morgan fingerprint density at radius 1 is 1.20 bits per heavy atom. The van der Waals surface area contributed by atoms with Crippen molar-refractivity contribution in [1.82, 2.24) is 5.32 Å². The van der Waals surface area contributed by atoms with Crippen molar-refractivity contribution in [3.8, 4) is 5.75 Å². The minimum atomic E-state index is 0.0839. The maximum Gasteiger partial charge on any atom is 0.275 e. The number of rotatable bonds is 6. The average Bonchev–Trinajstić information content (AvgIpc) is 2.68. The number of nitrogens with zero attached hydrogens (tertiary/aromatic N) is 1. The average molecular weight is 342 g/mol. The van der Waals surface area contributed by atoms with Crippen LogP contribution < -0.4 is 24.8 Å². The Hall–Kier alpha value is -2.60. The van der Waals surface area contributed by atoms with E-state index in [4.69, 9.17) is 4.74 Å². The van der Waals surface area contributed by atoms with Gasteiger partial charge in [0, 0.05) is 18.2 Å². The molecule has 0 radical (unpaired) electrons. The van der Waals surface area contributed by atoms with Crippen molar-refractivity contribution < 1.29 is 19.4 Å². The van der Waals surface area contributed by atoms with Crippen molar-refractivity contribution >= 4 is 11.7 Å². The number of piperazine rings is 1. The molecule has 0 unspecified atom stereocenters. The number of hydrogen-bond donors (Lipinski definition) is 2. The van der Waals surface area contributed by atoms with E-state index in [-0.39, 0.29) is 5.91 Å². The zero-order valence-corrected chi connectivity index (χ0v) is 14.6. The summed E-state index contributed by atoms with van der Waals surface area (Å²) in [6.45, 7) is 4.85. The molecule has 1 amide bonds. The van der Waals surface area contributed by atoms with Gasteiger partial charge < -0.3 is 15.0 Å². The molecular weight excluding hydrogens is 316 g/mol. The van der Waals surface area contributed by atoms with Gasteiger partial charge in [0.1, 0.15) is 31.9 Å². The van der Waals surface area contributed by atoms with Gasteiger partial charge in [0.05, 0.1) is 13.3 Å². The van der Waals surface area contributed by atoms with Gasteiger partial charge >= 0.3 is 0 Å². The highest BCUT2D eigenvalue weighted by atomic mass is 16.5. The number of anilines is 1. The van der Waals surface area contributed by atoms with Crippen LogP contribution >= 0.6 is 0 Å². The number of nitrogens with one attached hydrogen (secondary N) is 3. The van der Waals surface area contributed by atoms with E-state index < -0.39 is 0 Å². The summed E-state index contributed by atoms with van der Waals surface area (Å²) in [7, 11) is 1.65. The van der Waals surface area contributed by atoms with E-state index in [0.717, 1.165) is 43.3 Å². The van der Waals surface area contributed by atoms with Crippen LogP contribution in [0.1, 0.15) is 5.56 Å². The Morgan fingerprint density at radius 3 is 2.68 bits per heavy atom. The standard InChI is InChI=1S/C19H24N4O2/c1-25-17-7-3-2-6-16(17)14-21-19(24)15-22-10-12-23(13-11-22)18-8-4-5-9-20-18/h2-9H,10-15H2,1H3,(H,21,24)/p+2. The van der Waals surface area contributed by atoms with Gasteiger partial charge in [-0.05, 0) is 12.1 Å². The molecular formula is C19H26N4O2+2. The summed E-state index contributed by atoms with van der Waals surface area (Å²) in [5, 5.41) is 3.00. The lowest BCUT2D eigenvalue weighted by atomic mass is 10.2. The van der Waals surface area contributed by atoms with Gasteiger partial charge in [-0.15, -0.1) is 0 Å². The minimum absolute atomic E-state index is 0.0839. The Kier molecular flexibility index (Phi) is 5.85. The third kappa shape index (κ3) is 4.70. The number of ether oxygens (including phenoxy) is 1. The lowest BCUT2D eigenvalue weighted by molar-refractivity contribution is -0.892. The summed E-state index contributed by atoms with van der Waals surface area (Å²) in [6, 6.07) is 13.9. The number of hydrogen-bond acceptors (Lipinski definition) is 3. The van der Waals surface area contributed by atoms with Crippen molar-refractivity contribution in [3.63, 3.8) is 0 Å². The molecule has 3 N–H and O–H groups in total. The lowest BCUT2D eigenvalue weighted by Gasteiger charge is -2.27. The fraction of sp³-hybridized carbons (Fsp3) is 0.368. The van der Waals surface area contributed by atoms with Crippen molar-refractivity contribution in [2.45, 2.75) is 6.54 Å². The third-order valence-electron chi connectivity index (χ3n) is 4.58. The first-order valence-corrected chi connectivity index (χ1v) is 8.70. The van der Waals surface area contributed by atoms with Crippen LogP contribution in [0.15, 0.2) is 48.7 Å². The molecule has 1 aromatic heterocycles. The topological polar surface area (TPSA) is 60.1 Å². The SMILES string of the molecule is COc1ccccc1CNC(=O)C[NH+]1CCN(c2cccc[nH+]2)CC1. The molecule has 2 aromatic rings. The first kappa shape index (κ1) is 17.2. The quantitative estimate of drug-likeness (QED) is 0.746. The van der Waals surface area contributed by atoms with Gasteiger partial charge in [-0.1, -0.05) is 24.3 Å². The summed E-state index contributed by atoms with van der Waals surface area (Å²) < 4.78 is 5.32. The second kappa shape index (κ2) is 8.48. The third-order valence-corrected chi connectivity index (χ3v) is 4.58. The second-order valence-corrected chi connectivity index (χ2v) is 6.25. The van der Waals surface area contributed by atoms with Crippen molar-refractivity contribution in [1.29, 1.82) is 0 Å². The van der Waals surface area contributed by atoms with Crippen molar-refractivity contribution in [2.24, 2.45) is 0 Å². The molecule has 1 aromatic carbocycles. The van der Waals surface area contributed by atoms with E-state index in [1.54, 1.807) is 7.11 Å². The molecule has 0 aliphatic carbocycles. The molecule has 1 saturated heterocycles. The zero-order valence-electron chi connectivity index (χ0n) is 14.6. The van der Waals surface area contributed by atoms with Crippen LogP contribution in [0.5, 0.6) is 5.75 Å². The number of pyridine rings is 1. The van der Waals surface area contributed by atoms with E-state index in [2.05, 4.69) is 21.3 Å². The normalized spacial score (nSPS) is 15.0. The molecule has 1 aliphatic rings. The summed E-state index contributed by atoms with van der Waals surface area (Å²) in [6.07, 6.45) is 1.94. The van der Waals surface area contributed by atoms with Crippen LogP contribution in [0.3, 0.4) is 0 Å². The largest absolute Gasteiger partial charge is 0.496 e. The van der Waals surface area contributed by atoms with E-state index in [1.165, 1.54) is 4.90 Å². The number of amides is 1. The van der Waals surface area contributed by atoms with Gasteiger partial charge in [-0.25, -0.2) is 4.98 Å². The molecule has 0 bridgehead atoms. The molecule has 6 nitrogen and oxygen atoms in total. The molecule has 132 valence electrons. The number of H-pyrrole nitrogens is 1. The van der Waals surface area contributed by atoms with Crippen molar-refractivity contribution in [3.05, 3.63) is 54.2 Å². The summed E-state index contributed by atoms with van der Waals surface area (Å²) in [5.74, 6) is 2.03. The summed E-state index contributed by atoms with van der Waals surface area (Å²) in [5.41, 5.74) is 0.998. The number of aromatic amines is 1. The first-order valence-electron chi connectivity index (χ1n) is 8.70. The number of carbonyl (C=O) groups excluding carboxylic acids is 1. The van der Waals surface area contributed by atoms with Crippen LogP contribution in [-0.4, -0.2) is 45.7 Å². The van der Waals surface area contributed by atoms with E-state index in [0.29, 0.717) is 13.1 Å². The van der Waals surface area contributed by atoms with Crippen LogP contribution in [0.4, 0.5) is 5.82 Å². The van der Waals surface area contributed by atoms with Gasteiger partial charge in [-0.2, -0.15) is 0 Å². The zero-order chi connectivity index (χ0) is 17.5. The van der Waals surface area contributed by atoms with Crippen LogP contribution in [0, 0.1) is 0 Å². The number of carbonyl (C=O) groups is 1. The Morgan fingerprint density at radius 2 is 1.96 bits per heavy atom. The van der Waals surface area contributed by atoms with E-state index in [1.807, 2.05) is 42.6 Å². The molecule has 6 heteroatoms. The molecule has 1 aliphatic heterocycles. The minimum Gasteiger partial charge on any atom is -0.496 e. The molecule has 0 saturated carbocycles. The predicted octanol–water partition coefficient (Wildman–Crippen LogP) is -0.469. The molecule has 0 atom stereocenters.